The van der Waals surface area contributed by atoms with Crippen LogP contribution in [0, 0.1) is 3.57 Å². The number of ether oxygens (including phenoxy) is 1. The van der Waals surface area contributed by atoms with Crippen LogP contribution >= 0.6 is 34.2 Å². The summed E-state index contributed by atoms with van der Waals surface area (Å²) in [6, 6.07) is 12.8. The minimum absolute atomic E-state index is 0.150. The van der Waals surface area contributed by atoms with Crippen molar-refractivity contribution in [3.05, 3.63) is 62.2 Å². The Kier molecular flexibility index (Phi) is 5.25. The second-order valence-corrected chi connectivity index (χ2v) is 5.72. The minimum Gasteiger partial charge on any atom is -0.496 e. The van der Waals surface area contributed by atoms with Gasteiger partial charge in [0.25, 0.3) is 5.91 Å². The maximum absolute atomic E-state index is 12.2. The van der Waals surface area contributed by atoms with Gasteiger partial charge in [0.1, 0.15) is 5.75 Å². The number of halogens is 2. The van der Waals surface area contributed by atoms with Crippen molar-refractivity contribution in [1.82, 2.24) is 5.32 Å². The van der Waals surface area contributed by atoms with Crippen LogP contribution in [-0.4, -0.2) is 13.0 Å². The number of benzene rings is 2. The molecule has 5 heteroatoms. The van der Waals surface area contributed by atoms with Gasteiger partial charge in [0.05, 0.1) is 12.7 Å². The molecule has 0 bridgehead atoms. The van der Waals surface area contributed by atoms with E-state index in [9.17, 15) is 4.79 Å². The molecule has 2 rings (SSSR count). The van der Waals surface area contributed by atoms with Gasteiger partial charge in [-0.15, -0.1) is 0 Å². The minimum atomic E-state index is -0.150. The average molecular weight is 402 g/mol. The number of hydrogen-bond donors (Lipinski definition) is 1. The molecule has 0 spiro atoms. The highest BCUT2D eigenvalue weighted by atomic mass is 127. The van der Waals surface area contributed by atoms with Gasteiger partial charge in [-0.05, 0) is 46.9 Å². The highest BCUT2D eigenvalue weighted by molar-refractivity contribution is 14.1. The smallest absolute Gasteiger partial charge is 0.252 e. The van der Waals surface area contributed by atoms with Crippen LogP contribution in [0.1, 0.15) is 15.9 Å². The number of nitrogens with one attached hydrogen (secondary N) is 1. The normalized spacial score (nSPS) is 10.2. The molecule has 0 unspecified atom stereocenters. The summed E-state index contributed by atoms with van der Waals surface area (Å²) in [6.45, 7) is 0.408. The summed E-state index contributed by atoms with van der Waals surface area (Å²) in [5.74, 6) is 0.608. The Morgan fingerprint density at radius 1 is 1.30 bits per heavy atom. The molecule has 1 N–H and O–H groups in total. The molecule has 0 heterocycles. The zero-order valence-corrected chi connectivity index (χ0v) is 13.7. The fourth-order valence-corrected chi connectivity index (χ4v) is 2.54. The van der Waals surface area contributed by atoms with E-state index in [1.54, 1.807) is 19.2 Å². The van der Waals surface area contributed by atoms with Crippen LogP contribution in [0.3, 0.4) is 0 Å². The van der Waals surface area contributed by atoms with E-state index in [-0.39, 0.29) is 5.91 Å². The Balaban J connectivity index is 2.11. The van der Waals surface area contributed by atoms with Gasteiger partial charge in [-0.2, -0.15) is 0 Å². The highest BCUT2D eigenvalue weighted by Crippen LogP contribution is 2.19. The molecule has 0 fully saturated rings. The first kappa shape index (κ1) is 15.1. The van der Waals surface area contributed by atoms with Crippen molar-refractivity contribution in [2.45, 2.75) is 6.54 Å². The summed E-state index contributed by atoms with van der Waals surface area (Å²) >= 11 is 8.04. The van der Waals surface area contributed by atoms with Gasteiger partial charge in [0.2, 0.25) is 0 Å². The van der Waals surface area contributed by atoms with E-state index >= 15 is 0 Å². The summed E-state index contributed by atoms with van der Waals surface area (Å²) in [4.78, 5) is 12.2. The van der Waals surface area contributed by atoms with Crippen molar-refractivity contribution in [3.63, 3.8) is 0 Å². The lowest BCUT2D eigenvalue weighted by atomic mass is 10.1. The highest BCUT2D eigenvalue weighted by Gasteiger charge is 2.11. The topological polar surface area (TPSA) is 38.3 Å². The van der Waals surface area contributed by atoms with Crippen molar-refractivity contribution in [3.8, 4) is 5.75 Å². The van der Waals surface area contributed by atoms with E-state index in [2.05, 4.69) is 27.9 Å². The van der Waals surface area contributed by atoms with E-state index in [1.165, 1.54) is 0 Å². The monoisotopic (exact) mass is 401 g/mol. The van der Waals surface area contributed by atoms with Crippen LogP contribution in [0.2, 0.25) is 5.02 Å². The zero-order valence-electron chi connectivity index (χ0n) is 10.8. The molecule has 0 aliphatic carbocycles. The summed E-state index contributed by atoms with van der Waals surface area (Å²) in [5.41, 5.74) is 1.51. The van der Waals surface area contributed by atoms with Gasteiger partial charge in [-0.25, -0.2) is 0 Å². The molecular weight excluding hydrogens is 389 g/mol. The zero-order chi connectivity index (χ0) is 14.5. The Morgan fingerprint density at radius 3 is 2.80 bits per heavy atom. The molecule has 0 atom stereocenters. The van der Waals surface area contributed by atoms with Gasteiger partial charge in [-0.3, -0.25) is 4.79 Å². The van der Waals surface area contributed by atoms with E-state index in [0.29, 0.717) is 17.1 Å². The van der Waals surface area contributed by atoms with Crippen LogP contribution in [-0.2, 0) is 6.54 Å². The lowest BCUT2D eigenvalue weighted by molar-refractivity contribution is 0.0950. The molecule has 0 saturated carbocycles. The molecular formula is C15H13ClINO2. The van der Waals surface area contributed by atoms with Crippen molar-refractivity contribution in [2.75, 3.05) is 7.11 Å². The lowest BCUT2D eigenvalue weighted by Crippen LogP contribution is -2.23. The Hall–Kier alpha value is -1.27. The standard InChI is InChI=1S/C15H13ClINO2/c1-20-14-5-3-2-4-10(14)9-18-15(19)12-8-11(16)6-7-13(12)17/h2-8H,9H2,1H3,(H,18,19). The molecule has 0 aliphatic heterocycles. The van der Waals surface area contributed by atoms with Gasteiger partial charge >= 0.3 is 0 Å². The first-order valence-corrected chi connectivity index (χ1v) is 7.42. The van der Waals surface area contributed by atoms with E-state index in [0.717, 1.165) is 14.9 Å². The molecule has 0 radical (unpaired) electrons. The molecule has 1 amide bonds. The number of para-hydroxylation sites is 1. The number of amides is 1. The molecule has 0 aliphatic rings. The van der Waals surface area contributed by atoms with Crippen LogP contribution < -0.4 is 10.1 Å². The number of carbonyl (C=O) groups is 1. The summed E-state index contributed by atoms with van der Waals surface area (Å²) in [7, 11) is 1.61. The van der Waals surface area contributed by atoms with Gasteiger partial charge in [0, 0.05) is 20.7 Å². The van der Waals surface area contributed by atoms with Crippen molar-refractivity contribution in [2.24, 2.45) is 0 Å². The third-order valence-corrected chi connectivity index (χ3v) is 3.98. The Labute approximate surface area is 136 Å². The maximum atomic E-state index is 12.2. The summed E-state index contributed by atoms with van der Waals surface area (Å²) in [6.07, 6.45) is 0. The maximum Gasteiger partial charge on any atom is 0.252 e. The predicted octanol–water partition coefficient (Wildman–Crippen LogP) is 3.88. The fourth-order valence-electron chi connectivity index (χ4n) is 1.79. The second-order valence-electron chi connectivity index (χ2n) is 4.12. The predicted molar refractivity (Wildman–Crippen MR) is 88.3 cm³/mol. The van der Waals surface area contributed by atoms with Crippen LogP contribution in [0.4, 0.5) is 0 Å². The van der Waals surface area contributed by atoms with Crippen LogP contribution in [0.5, 0.6) is 5.75 Å². The third kappa shape index (κ3) is 3.64. The molecule has 2 aromatic carbocycles. The quantitative estimate of drug-likeness (QED) is 0.790. The number of hydrogen-bond acceptors (Lipinski definition) is 2. The van der Waals surface area contributed by atoms with Gasteiger partial charge in [-0.1, -0.05) is 29.8 Å². The van der Waals surface area contributed by atoms with Crippen LogP contribution in [0.15, 0.2) is 42.5 Å². The molecule has 0 saturated heterocycles. The Bertz CT molecular complexity index is 631. The van der Waals surface area contributed by atoms with E-state index in [4.69, 9.17) is 16.3 Å². The molecule has 0 aromatic heterocycles. The van der Waals surface area contributed by atoms with E-state index < -0.39 is 0 Å². The lowest BCUT2D eigenvalue weighted by Gasteiger charge is -2.10. The average Bonchev–Trinajstić information content (AvgIpc) is 2.47. The largest absolute Gasteiger partial charge is 0.496 e. The number of carbonyl (C=O) groups excluding carboxylic acids is 1. The van der Waals surface area contributed by atoms with Gasteiger partial charge in [0.15, 0.2) is 0 Å². The number of rotatable bonds is 4. The molecule has 104 valence electrons. The SMILES string of the molecule is COc1ccccc1CNC(=O)c1cc(Cl)ccc1I. The van der Waals surface area contributed by atoms with Crippen molar-refractivity contribution < 1.29 is 9.53 Å². The fraction of sp³-hybridized carbons (Fsp3) is 0.133. The molecule has 2 aromatic rings. The van der Waals surface area contributed by atoms with Crippen LogP contribution in [0.25, 0.3) is 0 Å². The number of methoxy groups -OCH3 is 1. The third-order valence-electron chi connectivity index (χ3n) is 2.80. The Morgan fingerprint density at radius 2 is 2.05 bits per heavy atom. The summed E-state index contributed by atoms with van der Waals surface area (Å²) < 4.78 is 6.12. The van der Waals surface area contributed by atoms with E-state index in [1.807, 2.05) is 30.3 Å². The van der Waals surface area contributed by atoms with Gasteiger partial charge < -0.3 is 10.1 Å². The molecule has 20 heavy (non-hydrogen) atoms. The van der Waals surface area contributed by atoms with Crippen molar-refractivity contribution in [1.29, 1.82) is 0 Å². The summed E-state index contributed by atoms with van der Waals surface area (Å²) in [5, 5.41) is 3.42. The second kappa shape index (κ2) is 6.95. The molecule has 3 nitrogen and oxygen atoms in total. The first-order chi connectivity index (χ1) is 9.61. The van der Waals surface area contributed by atoms with Crippen molar-refractivity contribution >= 4 is 40.1 Å². The first-order valence-electron chi connectivity index (χ1n) is 5.97.